The predicted molar refractivity (Wildman–Crippen MR) is 61.0 cm³/mol. The SMILES string of the molecule is COc1ccc2ccnc(CS)c2c1. The number of nitrogens with zero attached hydrogens (tertiary/aromatic N) is 1. The molecule has 2 aromatic rings. The van der Waals surface area contributed by atoms with E-state index in [1.807, 2.05) is 24.3 Å². The lowest BCUT2D eigenvalue weighted by Gasteiger charge is -2.05. The van der Waals surface area contributed by atoms with Gasteiger partial charge in [0.1, 0.15) is 5.75 Å². The number of aromatic nitrogens is 1. The highest BCUT2D eigenvalue weighted by Gasteiger charge is 2.01. The average molecular weight is 205 g/mol. The highest BCUT2D eigenvalue weighted by atomic mass is 32.1. The van der Waals surface area contributed by atoms with Crippen LogP contribution in [0.2, 0.25) is 0 Å². The standard InChI is InChI=1S/C11H11NOS/c1-13-9-3-2-8-4-5-12-11(7-14)10(8)6-9/h2-6,14H,7H2,1H3. The number of rotatable bonds is 2. The van der Waals surface area contributed by atoms with Crippen LogP contribution in [0.15, 0.2) is 30.5 Å². The number of fused-ring (bicyclic) bond motifs is 1. The lowest BCUT2D eigenvalue weighted by Crippen LogP contribution is -1.88. The Morgan fingerprint density at radius 2 is 2.21 bits per heavy atom. The van der Waals surface area contributed by atoms with Gasteiger partial charge in [-0.3, -0.25) is 4.98 Å². The van der Waals surface area contributed by atoms with Crippen LogP contribution in [0.3, 0.4) is 0 Å². The fraction of sp³-hybridized carbons (Fsp3) is 0.182. The van der Waals surface area contributed by atoms with Gasteiger partial charge in [-0.2, -0.15) is 12.6 Å². The molecule has 0 saturated heterocycles. The lowest BCUT2D eigenvalue weighted by atomic mass is 10.1. The van der Waals surface area contributed by atoms with Crippen molar-refractivity contribution in [3.63, 3.8) is 0 Å². The summed E-state index contributed by atoms with van der Waals surface area (Å²) in [4.78, 5) is 4.27. The van der Waals surface area contributed by atoms with Gasteiger partial charge in [-0.25, -0.2) is 0 Å². The van der Waals surface area contributed by atoms with Gasteiger partial charge in [0.15, 0.2) is 0 Å². The molecule has 0 aliphatic rings. The molecule has 2 nitrogen and oxygen atoms in total. The minimum atomic E-state index is 0.643. The van der Waals surface area contributed by atoms with Gasteiger partial charge >= 0.3 is 0 Å². The number of methoxy groups -OCH3 is 1. The van der Waals surface area contributed by atoms with E-state index >= 15 is 0 Å². The molecule has 0 radical (unpaired) electrons. The summed E-state index contributed by atoms with van der Waals surface area (Å²) in [6.45, 7) is 0. The van der Waals surface area contributed by atoms with Gasteiger partial charge in [-0.15, -0.1) is 0 Å². The van der Waals surface area contributed by atoms with Crippen LogP contribution in [0.4, 0.5) is 0 Å². The monoisotopic (exact) mass is 205 g/mol. The molecule has 0 spiro atoms. The fourth-order valence-electron chi connectivity index (χ4n) is 1.46. The zero-order valence-electron chi connectivity index (χ0n) is 7.90. The Bertz CT molecular complexity index is 456. The fourth-order valence-corrected chi connectivity index (χ4v) is 1.71. The maximum Gasteiger partial charge on any atom is 0.119 e. The molecular formula is C11H11NOS. The summed E-state index contributed by atoms with van der Waals surface area (Å²) in [6.07, 6.45) is 1.81. The number of hydrogen-bond donors (Lipinski definition) is 1. The maximum absolute atomic E-state index is 5.17. The van der Waals surface area contributed by atoms with Gasteiger partial charge in [-0.05, 0) is 23.6 Å². The third-order valence-corrected chi connectivity index (χ3v) is 2.51. The molecule has 1 aromatic carbocycles. The summed E-state index contributed by atoms with van der Waals surface area (Å²) < 4.78 is 5.17. The Morgan fingerprint density at radius 1 is 1.36 bits per heavy atom. The zero-order valence-corrected chi connectivity index (χ0v) is 8.79. The molecule has 2 rings (SSSR count). The molecular weight excluding hydrogens is 194 g/mol. The number of hydrogen-bond acceptors (Lipinski definition) is 3. The van der Waals surface area contributed by atoms with Crippen LogP contribution in [-0.2, 0) is 5.75 Å². The van der Waals surface area contributed by atoms with Crippen molar-refractivity contribution >= 4 is 23.4 Å². The molecule has 0 N–H and O–H groups in total. The molecule has 0 fully saturated rings. The minimum absolute atomic E-state index is 0.643. The first-order valence-corrected chi connectivity index (χ1v) is 5.01. The van der Waals surface area contributed by atoms with Crippen LogP contribution in [-0.4, -0.2) is 12.1 Å². The molecule has 0 bridgehead atoms. The summed E-state index contributed by atoms with van der Waals surface area (Å²) in [5, 5.41) is 2.28. The second-order valence-electron chi connectivity index (χ2n) is 3.00. The molecule has 0 atom stereocenters. The number of thiol groups is 1. The molecule has 14 heavy (non-hydrogen) atoms. The zero-order chi connectivity index (χ0) is 9.97. The van der Waals surface area contributed by atoms with Gasteiger partial charge in [0, 0.05) is 17.3 Å². The Morgan fingerprint density at radius 3 is 2.93 bits per heavy atom. The first kappa shape index (κ1) is 9.34. The van der Waals surface area contributed by atoms with Crippen LogP contribution in [0.1, 0.15) is 5.69 Å². The average Bonchev–Trinajstić information content (AvgIpc) is 2.27. The number of pyridine rings is 1. The molecule has 72 valence electrons. The lowest BCUT2D eigenvalue weighted by molar-refractivity contribution is 0.415. The summed E-state index contributed by atoms with van der Waals surface area (Å²) >= 11 is 4.25. The quantitative estimate of drug-likeness (QED) is 0.761. The highest BCUT2D eigenvalue weighted by molar-refractivity contribution is 7.79. The molecule has 1 aromatic heterocycles. The van der Waals surface area contributed by atoms with Crippen LogP contribution < -0.4 is 4.74 Å². The molecule has 0 unspecified atom stereocenters. The minimum Gasteiger partial charge on any atom is -0.497 e. The van der Waals surface area contributed by atoms with Crippen molar-refractivity contribution in [2.45, 2.75) is 5.75 Å². The smallest absolute Gasteiger partial charge is 0.119 e. The van der Waals surface area contributed by atoms with Gasteiger partial charge < -0.3 is 4.74 Å². The summed E-state index contributed by atoms with van der Waals surface area (Å²) in [5.41, 5.74) is 0.990. The van der Waals surface area contributed by atoms with E-state index in [0.29, 0.717) is 5.75 Å². The van der Waals surface area contributed by atoms with E-state index in [0.717, 1.165) is 16.8 Å². The second-order valence-corrected chi connectivity index (χ2v) is 3.32. The van der Waals surface area contributed by atoms with E-state index in [2.05, 4.69) is 17.6 Å². The van der Waals surface area contributed by atoms with E-state index in [9.17, 15) is 0 Å². The van der Waals surface area contributed by atoms with E-state index in [4.69, 9.17) is 4.74 Å². The second kappa shape index (κ2) is 3.88. The maximum atomic E-state index is 5.17. The predicted octanol–water partition coefficient (Wildman–Crippen LogP) is 2.67. The Kier molecular flexibility index (Phi) is 2.59. The molecule has 1 heterocycles. The number of ether oxygens (including phenoxy) is 1. The Hall–Kier alpha value is -1.22. The van der Waals surface area contributed by atoms with Gasteiger partial charge in [-0.1, -0.05) is 6.07 Å². The summed E-state index contributed by atoms with van der Waals surface area (Å²) in [6, 6.07) is 7.96. The van der Waals surface area contributed by atoms with Crippen LogP contribution in [0.5, 0.6) is 5.75 Å². The van der Waals surface area contributed by atoms with Crippen molar-refractivity contribution in [1.82, 2.24) is 4.98 Å². The van der Waals surface area contributed by atoms with Crippen molar-refractivity contribution in [2.75, 3.05) is 7.11 Å². The van der Waals surface area contributed by atoms with Crippen LogP contribution in [0.25, 0.3) is 10.8 Å². The summed E-state index contributed by atoms with van der Waals surface area (Å²) in [7, 11) is 1.66. The highest BCUT2D eigenvalue weighted by Crippen LogP contribution is 2.23. The van der Waals surface area contributed by atoms with Crippen molar-refractivity contribution in [3.05, 3.63) is 36.2 Å². The van der Waals surface area contributed by atoms with Crippen molar-refractivity contribution < 1.29 is 4.74 Å². The molecule has 0 amide bonds. The van der Waals surface area contributed by atoms with Crippen LogP contribution >= 0.6 is 12.6 Å². The molecule has 0 aliphatic heterocycles. The molecule has 0 saturated carbocycles. The van der Waals surface area contributed by atoms with E-state index in [1.165, 1.54) is 5.39 Å². The Labute approximate surface area is 88.3 Å². The van der Waals surface area contributed by atoms with Crippen molar-refractivity contribution in [1.29, 1.82) is 0 Å². The van der Waals surface area contributed by atoms with E-state index in [1.54, 1.807) is 13.3 Å². The van der Waals surface area contributed by atoms with E-state index in [-0.39, 0.29) is 0 Å². The normalized spacial score (nSPS) is 10.4. The van der Waals surface area contributed by atoms with Crippen molar-refractivity contribution in [3.8, 4) is 5.75 Å². The summed E-state index contributed by atoms with van der Waals surface area (Å²) in [5.74, 6) is 1.50. The van der Waals surface area contributed by atoms with Gasteiger partial charge in [0.05, 0.1) is 12.8 Å². The molecule has 3 heteroatoms. The first-order valence-electron chi connectivity index (χ1n) is 4.37. The number of benzene rings is 1. The van der Waals surface area contributed by atoms with Crippen LogP contribution in [0, 0.1) is 0 Å². The van der Waals surface area contributed by atoms with E-state index < -0.39 is 0 Å². The third-order valence-electron chi connectivity index (χ3n) is 2.21. The molecule has 0 aliphatic carbocycles. The van der Waals surface area contributed by atoms with Crippen molar-refractivity contribution in [2.24, 2.45) is 0 Å². The first-order chi connectivity index (χ1) is 6.85. The Balaban J connectivity index is 2.70. The topological polar surface area (TPSA) is 22.1 Å². The third kappa shape index (κ3) is 1.55. The largest absolute Gasteiger partial charge is 0.497 e. The van der Waals surface area contributed by atoms with Gasteiger partial charge in [0.25, 0.3) is 0 Å². The van der Waals surface area contributed by atoms with Gasteiger partial charge in [0.2, 0.25) is 0 Å².